The first kappa shape index (κ1) is 17.3. The van der Waals surface area contributed by atoms with E-state index in [0.717, 1.165) is 22.7 Å². The molecule has 0 radical (unpaired) electrons. The van der Waals surface area contributed by atoms with E-state index in [-0.39, 0.29) is 5.56 Å². The van der Waals surface area contributed by atoms with E-state index in [1.807, 2.05) is 59.9 Å². The molecule has 0 aliphatic heterocycles. The molecule has 2 heterocycles. The van der Waals surface area contributed by atoms with E-state index in [9.17, 15) is 4.79 Å². The zero-order valence-electron chi connectivity index (χ0n) is 14.8. The van der Waals surface area contributed by atoms with E-state index in [0.29, 0.717) is 29.0 Å². The maximum absolute atomic E-state index is 12.8. The van der Waals surface area contributed by atoms with Crippen LogP contribution >= 0.6 is 11.8 Å². The lowest BCUT2D eigenvalue weighted by atomic mass is 10.2. The van der Waals surface area contributed by atoms with Gasteiger partial charge in [0.05, 0.1) is 22.5 Å². The van der Waals surface area contributed by atoms with Crippen LogP contribution in [0.4, 0.5) is 0 Å². The Labute approximate surface area is 160 Å². The smallest absolute Gasteiger partial charge is 0.262 e. The van der Waals surface area contributed by atoms with Crippen LogP contribution in [0.15, 0.2) is 58.5 Å². The number of aromatic nitrogens is 4. The summed E-state index contributed by atoms with van der Waals surface area (Å²) in [6.07, 6.45) is 0.842. The number of hydrogen-bond acceptors (Lipinski definition) is 5. The van der Waals surface area contributed by atoms with Gasteiger partial charge in [0.1, 0.15) is 0 Å². The van der Waals surface area contributed by atoms with Crippen LogP contribution in [0, 0.1) is 11.3 Å². The first-order valence-electron chi connectivity index (χ1n) is 8.71. The van der Waals surface area contributed by atoms with Gasteiger partial charge in [-0.15, -0.1) is 10.2 Å². The quantitative estimate of drug-likeness (QED) is 0.498. The van der Waals surface area contributed by atoms with Gasteiger partial charge in [0.2, 0.25) is 5.78 Å². The van der Waals surface area contributed by atoms with Crippen LogP contribution in [0.1, 0.15) is 24.5 Å². The fourth-order valence-corrected chi connectivity index (χ4v) is 3.97. The second kappa shape index (κ2) is 7.25. The number of fused-ring (bicyclic) bond motifs is 3. The number of hydrogen-bond donors (Lipinski definition) is 0. The Morgan fingerprint density at radius 3 is 2.63 bits per heavy atom. The van der Waals surface area contributed by atoms with Crippen molar-refractivity contribution in [2.24, 2.45) is 0 Å². The first-order valence-corrected chi connectivity index (χ1v) is 9.70. The molecule has 2 aromatic carbocycles. The second-order valence-corrected chi connectivity index (χ2v) is 7.13. The minimum absolute atomic E-state index is 0.0315. The lowest BCUT2D eigenvalue weighted by Gasteiger charge is -2.10. The Bertz CT molecular complexity index is 1220. The van der Waals surface area contributed by atoms with Gasteiger partial charge in [-0.25, -0.2) is 0 Å². The third-order valence-corrected chi connectivity index (χ3v) is 5.38. The number of aryl methyl sites for hydroxylation is 1. The van der Waals surface area contributed by atoms with Gasteiger partial charge in [-0.05, 0) is 36.2 Å². The van der Waals surface area contributed by atoms with Crippen LogP contribution in [0.2, 0.25) is 0 Å². The Balaban J connectivity index is 1.79. The molecule has 27 heavy (non-hydrogen) atoms. The van der Waals surface area contributed by atoms with Crippen LogP contribution in [-0.2, 0) is 12.3 Å². The highest BCUT2D eigenvalue weighted by atomic mass is 32.2. The SMILES string of the molecule is CCCn1c(=O)c2ccccc2n2c(SCc3ccc(C#N)cc3)nnc12. The molecule has 0 saturated heterocycles. The van der Waals surface area contributed by atoms with E-state index < -0.39 is 0 Å². The Morgan fingerprint density at radius 2 is 1.89 bits per heavy atom. The number of rotatable bonds is 5. The molecule has 0 unspecified atom stereocenters. The van der Waals surface area contributed by atoms with E-state index in [1.54, 1.807) is 16.3 Å². The highest BCUT2D eigenvalue weighted by Gasteiger charge is 2.16. The number of nitriles is 1. The molecule has 0 spiro atoms. The number of thioether (sulfide) groups is 1. The van der Waals surface area contributed by atoms with E-state index in [1.165, 1.54) is 0 Å². The van der Waals surface area contributed by atoms with Crippen molar-refractivity contribution in [3.05, 3.63) is 70.0 Å². The van der Waals surface area contributed by atoms with Crippen molar-refractivity contribution < 1.29 is 0 Å². The molecule has 0 atom stereocenters. The Hall–Kier alpha value is -3.11. The molecule has 0 saturated carbocycles. The van der Waals surface area contributed by atoms with Gasteiger partial charge >= 0.3 is 0 Å². The largest absolute Gasteiger partial charge is 0.276 e. The summed E-state index contributed by atoms with van der Waals surface area (Å²) >= 11 is 1.56. The van der Waals surface area contributed by atoms with E-state index >= 15 is 0 Å². The summed E-state index contributed by atoms with van der Waals surface area (Å²) in [4.78, 5) is 12.8. The zero-order chi connectivity index (χ0) is 18.8. The number of para-hydroxylation sites is 1. The van der Waals surface area contributed by atoms with Gasteiger partial charge in [0.25, 0.3) is 5.56 Å². The van der Waals surface area contributed by atoms with Crippen molar-refractivity contribution >= 4 is 28.4 Å². The summed E-state index contributed by atoms with van der Waals surface area (Å²) in [6.45, 7) is 2.64. The predicted octanol–water partition coefficient (Wildman–Crippen LogP) is 3.62. The fourth-order valence-electron chi connectivity index (χ4n) is 3.08. The molecule has 0 amide bonds. The van der Waals surface area contributed by atoms with Gasteiger partial charge in [0, 0.05) is 12.3 Å². The summed E-state index contributed by atoms with van der Waals surface area (Å²) < 4.78 is 3.65. The molecule has 2 aromatic heterocycles. The Morgan fingerprint density at radius 1 is 1.11 bits per heavy atom. The molecule has 6 nitrogen and oxygen atoms in total. The lowest BCUT2D eigenvalue weighted by molar-refractivity contribution is 0.662. The molecule has 4 rings (SSSR count). The average Bonchev–Trinajstić information content (AvgIpc) is 3.14. The number of benzene rings is 2. The average molecular weight is 375 g/mol. The molecule has 0 N–H and O–H groups in total. The topological polar surface area (TPSA) is 76.0 Å². The maximum atomic E-state index is 12.8. The third kappa shape index (κ3) is 3.09. The standard InChI is InChI=1S/C20H17N5OS/c1-2-11-24-18(26)16-5-3-4-6-17(16)25-19(24)22-23-20(25)27-13-15-9-7-14(12-21)8-10-15/h3-10H,2,11,13H2,1H3. The molecule has 0 aliphatic carbocycles. The van der Waals surface area contributed by atoms with Crippen molar-refractivity contribution in [2.45, 2.75) is 30.8 Å². The van der Waals surface area contributed by atoms with Crippen molar-refractivity contribution in [2.75, 3.05) is 0 Å². The molecule has 0 bridgehead atoms. The monoisotopic (exact) mass is 375 g/mol. The van der Waals surface area contributed by atoms with E-state index in [4.69, 9.17) is 5.26 Å². The molecule has 0 aliphatic rings. The first-order chi connectivity index (χ1) is 13.2. The third-order valence-electron chi connectivity index (χ3n) is 4.38. The van der Waals surface area contributed by atoms with Crippen molar-refractivity contribution in [1.29, 1.82) is 5.26 Å². The van der Waals surface area contributed by atoms with Crippen LogP contribution < -0.4 is 5.56 Å². The normalized spacial score (nSPS) is 11.1. The molecular formula is C20H17N5OS. The van der Waals surface area contributed by atoms with Crippen LogP contribution in [0.3, 0.4) is 0 Å². The predicted molar refractivity (Wildman–Crippen MR) is 106 cm³/mol. The van der Waals surface area contributed by atoms with Gasteiger partial charge in [-0.3, -0.25) is 13.8 Å². The molecule has 7 heteroatoms. The van der Waals surface area contributed by atoms with Crippen LogP contribution in [0.25, 0.3) is 16.7 Å². The van der Waals surface area contributed by atoms with Crippen LogP contribution in [-0.4, -0.2) is 19.2 Å². The molecule has 134 valence electrons. The summed E-state index contributed by atoms with van der Waals surface area (Å²) in [5.41, 5.74) is 2.53. The van der Waals surface area contributed by atoms with Crippen LogP contribution in [0.5, 0.6) is 0 Å². The maximum Gasteiger partial charge on any atom is 0.262 e. The van der Waals surface area contributed by atoms with E-state index in [2.05, 4.69) is 16.3 Å². The summed E-state index contributed by atoms with van der Waals surface area (Å²) in [5.74, 6) is 1.27. The highest BCUT2D eigenvalue weighted by Crippen LogP contribution is 2.24. The zero-order valence-corrected chi connectivity index (χ0v) is 15.6. The summed E-state index contributed by atoms with van der Waals surface area (Å²) in [7, 11) is 0. The highest BCUT2D eigenvalue weighted by molar-refractivity contribution is 7.98. The van der Waals surface area contributed by atoms with Gasteiger partial charge in [-0.1, -0.05) is 43.0 Å². The summed E-state index contributed by atoms with van der Waals surface area (Å²) in [6, 6.07) is 17.2. The van der Waals surface area contributed by atoms with Crippen molar-refractivity contribution in [1.82, 2.24) is 19.2 Å². The minimum atomic E-state index is -0.0315. The minimum Gasteiger partial charge on any atom is -0.276 e. The number of nitrogens with zero attached hydrogens (tertiary/aromatic N) is 5. The lowest BCUT2D eigenvalue weighted by Crippen LogP contribution is -2.23. The molecular weight excluding hydrogens is 358 g/mol. The molecule has 4 aromatic rings. The second-order valence-electron chi connectivity index (χ2n) is 6.19. The van der Waals surface area contributed by atoms with Gasteiger partial charge in [0.15, 0.2) is 5.16 Å². The summed E-state index contributed by atoms with van der Waals surface area (Å²) in [5, 5.41) is 19.0. The molecule has 0 fully saturated rings. The Kier molecular flexibility index (Phi) is 4.65. The van der Waals surface area contributed by atoms with Crippen molar-refractivity contribution in [3.63, 3.8) is 0 Å². The van der Waals surface area contributed by atoms with Gasteiger partial charge < -0.3 is 0 Å². The van der Waals surface area contributed by atoms with Gasteiger partial charge in [-0.2, -0.15) is 5.26 Å². The fraction of sp³-hybridized carbons (Fsp3) is 0.200. The van der Waals surface area contributed by atoms with Crippen molar-refractivity contribution in [3.8, 4) is 6.07 Å².